The highest BCUT2D eigenvalue weighted by atomic mass is 32.2. The molecule has 4 rings (SSSR count). The number of amides is 2. The van der Waals surface area contributed by atoms with Gasteiger partial charge in [-0.25, -0.2) is 8.42 Å². The first-order valence-electron chi connectivity index (χ1n) is 9.40. The van der Waals surface area contributed by atoms with Crippen molar-refractivity contribution in [1.29, 1.82) is 0 Å². The molecule has 0 bridgehead atoms. The molecule has 2 heterocycles. The molecule has 1 aliphatic carbocycles. The zero-order valence-corrected chi connectivity index (χ0v) is 17.2. The molecule has 0 radical (unpaired) electrons. The van der Waals surface area contributed by atoms with Crippen LogP contribution in [-0.2, 0) is 14.8 Å². The number of phenols is 1. The second-order valence-corrected chi connectivity index (χ2v) is 10.2. The molecule has 2 aliphatic rings. The Bertz CT molecular complexity index is 1050. The van der Waals surface area contributed by atoms with Gasteiger partial charge in [0.15, 0.2) is 0 Å². The fraction of sp³-hybridized carbons (Fsp3) is 0.368. The molecule has 29 heavy (non-hydrogen) atoms. The van der Waals surface area contributed by atoms with Crippen molar-refractivity contribution in [3.63, 3.8) is 0 Å². The van der Waals surface area contributed by atoms with Crippen LogP contribution in [0.3, 0.4) is 0 Å². The van der Waals surface area contributed by atoms with Crippen molar-refractivity contribution in [2.24, 2.45) is 5.92 Å². The van der Waals surface area contributed by atoms with Gasteiger partial charge in [-0.15, -0.1) is 11.3 Å². The smallest absolute Gasteiger partial charge is 0.265 e. The summed E-state index contributed by atoms with van der Waals surface area (Å²) in [5, 5.41) is 16.0. The topological polar surface area (TPSA) is 116 Å². The van der Waals surface area contributed by atoms with Crippen LogP contribution in [0.2, 0.25) is 0 Å². The van der Waals surface area contributed by atoms with E-state index in [0.717, 1.165) is 37.0 Å². The van der Waals surface area contributed by atoms with Crippen LogP contribution in [-0.4, -0.2) is 42.7 Å². The van der Waals surface area contributed by atoms with E-state index in [-0.39, 0.29) is 28.2 Å². The lowest BCUT2D eigenvalue weighted by Gasteiger charge is -2.16. The molecule has 2 amide bonds. The second kappa shape index (κ2) is 7.77. The SMILES string of the molecule is O=C(Nc1cc(S(=O)(=O)N2CCCC2)ccc1O)c1ccc(NC(=O)C2CC2)s1. The van der Waals surface area contributed by atoms with Gasteiger partial charge in [-0.2, -0.15) is 4.31 Å². The van der Waals surface area contributed by atoms with Crippen LogP contribution in [0.4, 0.5) is 10.7 Å². The summed E-state index contributed by atoms with van der Waals surface area (Å²) in [6.45, 7) is 0.935. The number of carbonyl (C=O) groups is 2. The number of nitrogens with zero attached hydrogens (tertiary/aromatic N) is 1. The van der Waals surface area contributed by atoms with Gasteiger partial charge >= 0.3 is 0 Å². The van der Waals surface area contributed by atoms with Crippen molar-refractivity contribution in [3.8, 4) is 5.75 Å². The van der Waals surface area contributed by atoms with Crippen molar-refractivity contribution in [2.75, 3.05) is 23.7 Å². The number of rotatable bonds is 6. The third-order valence-corrected chi connectivity index (χ3v) is 7.84. The molecule has 2 fully saturated rings. The first-order valence-corrected chi connectivity index (χ1v) is 11.7. The summed E-state index contributed by atoms with van der Waals surface area (Å²) in [4.78, 5) is 24.7. The van der Waals surface area contributed by atoms with Gasteiger partial charge in [0.2, 0.25) is 15.9 Å². The average Bonchev–Trinajstić information content (AvgIpc) is 3.18. The monoisotopic (exact) mass is 435 g/mol. The van der Waals surface area contributed by atoms with E-state index >= 15 is 0 Å². The van der Waals surface area contributed by atoms with Crippen LogP contribution in [0.25, 0.3) is 0 Å². The molecule has 1 saturated carbocycles. The van der Waals surface area contributed by atoms with Crippen molar-refractivity contribution < 1.29 is 23.1 Å². The molecule has 154 valence electrons. The van der Waals surface area contributed by atoms with Crippen LogP contribution in [0.5, 0.6) is 5.75 Å². The summed E-state index contributed by atoms with van der Waals surface area (Å²) in [6, 6.07) is 7.08. The summed E-state index contributed by atoms with van der Waals surface area (Å²) in [5.74, 6) is -0.701. The predicted octanol–water partition coefficient (Wildman–Crippen LogP) is 2.84. The van der Waals surface area contributed by atoms with Crippen molar-refractivity contribution in [2.45, 2.75) is 30.6 Å². The number of nitrogens with one attached hydrogen (secondary N) is 2. The first kappa shape index (κ1) is 19.9. The van der Waals surface area contributed by atoms with E-state index in [9.17, 15) is 23.1 Å². The first-order chi connectivity index (χ1) is 13.8. The molecule has 0 unspecified atom stereocenters. The molecule has 8 nitrogen and oxygen atoms in total. The fourth-order valence-electron chi connectivity index (χ4n) is 3.13. The number of hydrogen-bond acceptors (Lipinski definition) is 6. The molecule has 1 saturated heterocycles. The lowest BCUT2D eigenvalue weighted by atomic mass is 10.3. The van der Waals surface area contributed by atoms with E-state index in [2.05, 4.69) is 10.6 Å². The van der Waals surface area contributed by atoms with Gasteiger partial charge in [-0.05, 0) is 56.0 Å². The molecule has 2 aromatic rings. The molecule has 3 N–H and O–H groups in total. The van der Waals surface area contributed by atoms with E-state index in [1.54, 1.807) is 12.1 Å². The number of sulfonamides is 1. The maximum Gasteiger partial charge on any atom is 0.265 e. The lowest BCUT2D eigenvalue weighted by Crippen LogP contribution is -2.27. The molecular weight excluding hydrogens is 414 g/mol. The zero-order chi connectivity index (χ0) is 20.6. The number of carbonyl (C=O) groups excluding carboxylic acids is 2. The zero-order valence-electron chi connectivity index (χ0n) is 15.6. The Kier molecular flexibility index (Phi) is 5.32. The number of benzene rings is 1. The average molecular weight is 436 g/mol. The van der Waals surface area contributed by atoms with Gasteiger partial charge in [-0.1, -0.05) is 0 Å². The van der Waals surface area contributed by atoms with E-state index in [1.165, 1.54) is 22.5 Å². The molecule has 1 aliphatic heterocycles. The molecule has 1 aromatic heterocycles. The standard InChI is InChI=1S/C19H21N3O5S2/c23-15-6-5-13(29(26,27)22-9-1-2-10-22)11-14(15)20-19(25)16-7-8-17(28-16)21-18(24)12-3-4-12/h5-8,11-12,23H,1-4,9-10H2,(H,20,25)(H,21,24). The number of aromatic hydroxyl groups is 1. The minimum atomic E-state index is -3.66. The highest BCUT2D eigenvalue weighted by molar-refractivity contribution is 7.89. The Balaban J connectivity index is 1.49. The third kappa shape index (κ3) is 4.29. The molecule has 0 spiro atoms. The Morgan fingerprint density at radius 2 is 1.79 bits per heavy atom. The maximum absolute atomic E-state index is 12.7. The largest absolute Gasteiger partial charge is 0.506 e. The number of thiophene rings is 1. The summed E-state index contributed by atoms with van der Waals surface area (Å²) in [5.41, 5.74) is 0.0206. The van der Waals surface area contributed by atoms with Crippen molar-refractivity contribution in [1.82, 2.24) is 4.31 Å². The van der Waals surface area contributed by atoms with E-state index in [4.69, 9.17) is 0 Å². The Morgan fingerprint density at radius 3 is 2.48 bits per heavy atom. The summed E-state index contributed by atoms with van der Waals surface area (Å²) < 4.78 is 26.8. The van der Waals surface area contributed by atoms with Crippen LogP contribution in [0, 0.1) is 5.92 Å². The Labute approximate surface area is 172 Å². The highest BCUT2D eigenvalue weighted by Gasteiger charge is 2.30. The lowest BCUT2D eigenvalue weighted by molar-refractivity contribution is -0.117. The van der Waals surface area contributed by atoms with E-state index in [0.29, 0.717) is 23.0 Å². The third-order valence-electron chi connectivity index (χ3n) is 4.94. The van der Waals surface area contributed by atoms with Crippen molar-refractivity contribution in [3.05, 3.63) is 35.2 Å². The quantitative estimate of drug-likeness (QED) is 0.604. The molecular formula is C19H21N3O5S2. The van der Waals surface area contributed by atoms with E-state index < -0.39 is 15.9 Å². The Morgan fingerprint density at radius 1 is 1.07 bits per heavy atom. The molecule has 10 heteroatoms. The van der Waals surface area contributed by atoms with Gasteiger partial charge in [0, 0.05) is 19.0 Å². The highest BCUT2D eigenvalue weighted by Crippen LogP contribution is 2.33. The van der Waals surface area contributed by atoms with Crippen LogP contribution < -0.4 is 10.6 Å². The molecule has 0 atom stereocenters. The normalized spacial score (nSPS) is 17.2. The van der Waals surface area contributed by atoms with Gasteiger partial charge in [-0.3, -0.25) is 9.59 Å². The van der Waals surface area contributed by atoms with E-state index in [1.807, 2.05) is 0 Å². The number of anilines is 2. The van der Waals surface area contributed by atoms with Gasteiger partial charge in [0.25, 0.3) is 5.91 Å². The fourth-order valence-corrected chi connectivity index (χ4v) is 5.48. The summed E-state index contributed by atoms with van der Waals surface area (Å²) in [6.07, 6.45) is 3.42. The number of phenolic OH excluding ortho intramolecular Hbond substituents is 1. The van der Waals surface area contributed by atoms with Gasteiger partial charge in [0.1, 0.15) is 5.75 Å². The van der Waals surface area contributed by atoms with Crippen molar-refractivity contribution >= 4 is 43.9 Å². The maximum atomic E-state index is 12.7. The van der Waals surface area contributed by atoms with Crippen LogP contribution in [0.1, 0.15) is 35.4 Å². The van der Waals surface area contributed by atoms with Crippen LogP contribution in [0.15, 0.2) is 35.2 Å². The van der Waals surface area contributed by atoms with Gasteiger partial charge in [0.05, 0.1) is 20.5 Å². The Hall–Kier alpha value is -2.43. The minimum Gasteiger partial charge on any atom is -0.506 e. The predicted molar refractivity (Wildman–Crippen MR) is 110 cm³/mol. The minimum absolute atomic E-state index is 0.0206. The molecule has 1 aromatic carbocycles. The summed E-state index contributed by atoms with van der Waals surface area (Å²) >= 11 is 1.12. The second-order valence-electron chi connectivity index (χ2n) is 7.17. The van der Waals surface area contributed by atoms with Gasteiger partial charge < -0.3 is 15.7 Å². The van der Waals surface area contributed by atoms with Crippen LogP contribution >= 0.6 is 11.3 Å². The summed E-state index contributed by atoms with van der Waals surface area (Å²) in [7, 11) is -3.66. The number of hydrogen-bond donors (Lipinski definition) is 3.